The van der Waals surface area contributed by atoms with Gasteiger partial charge in [0, 0.05) is 56.6 Å². The van der Waals surface area contributed by atoms with Crippen LogP contribution in [-0.4, -0.2) is 51.9 Å². The summed E-state index contributed by atoms with van der Waals surface area (Å²) >= 11 is 0. The Balaban J connectivity index is 1.40. The van der Waals surface area contributed by atoms with Crippen LogP contribution in [0.25, 0.3) is 0 Å². The molecule has 0 spiro atoms. The van der Waals surface area contributed by atoms with Crippen molar-refractivity contribution in [2.24, 2.45) is 11.8 Å². The Morgan fingerprint density at radius 3 is 2.27 bits per heavy atom. The molecule has 0 N–H and O–H groups in total. The van der Waals surface area contributed by atoms with Gasteiger partial charge in [-0.15, -0.1) is 0 Å². The maximum absolute atomic E-state index is 12.6. The first-order chi connectivity index (χ1) is 12.4. The molecule has 2 saturated heterocycles. The minimum absolute atomic E-state index is 0.133. The minimum atomic E-state index is -4.38. The summed E-state index contributed by atoms with van der Waals surface area (Å²) in [6.45, 7) is 2.56. The van der Waals surface area contributed by atoms with Gasteiger partial charge >= 0.3 is 6.18 Å². The Labute approximate surface area is 147 Å². The zero-order valence-electron chi connectivity index (χ0n) is 13.7. The zero-order chi connectivity index (χ0) is 18.3. The van der Waals surface area contributed by atoms with Crippen molar-refractivity contribution in [1.29, 1.82) is 0 Å². The SMILES string of the molecule is O=C(c1cnccn1)N1CC2CN(c3ccc(C(F)(F)F)cn3)CC2C1. The quantitative estimate of drug-likeness (QED) is 0.818. The summed E-state index contributed by atoms with van der Waals surface area (Å²) in [5.74, 6) is 0.963. The average molecular weight is 363 g/mol. The van der Waals surface area contributed by atoms with Crippen molar-refractivity contribution in [2.45, 2.75) is 6.18 Å². The Morgan fingerprint density at radius 2 is 1.73 bits per heavy atom. The predicted octanol–water partition coefficient (Wildman–Crippen LogP) is 2.10. The summed E-state index contributed by atoms with van der Waals surface area (Å²) in [6, 6.07) is 2.46. The van der Waals surface area contributed by atoms with Crippen LogP contribution in [0.5, 0.6) is 0 Å². The molecule has 2 unspecified atom stereocenters. The first-order valence-corrected chi connectivity index (χ1v) is 8.25. The number of rotatable bonds is 2. The van der Waals surface area contributed by atoms with Crippen molar-refractivity contribution < 1.29 is 18.0 Å². The maximum Gasteiger partial charge on any atom is 0.417 e. The first kappa shape index (κ1) is 16.7. The zero-order valence-corrected chi connectivity index (χ0v) is 13.7. The smallest absolute Gasteiger partial charge is 0.356 e. The lowest BCUT2D eigenvalue weighted by atomic mass is 10.0. The Morgan fingerprint density at radius 1 is 1.00 bits per heavy atom. The van der Waals surface area contributed by atoms with Gasteiger partial charge in [-0.25, -0.2) is 9.97 Å². The predicted molar refractivity (Wildman–Crippen MR) is 86.4 cm³/mol. The largest absolute Gasteiger partial charge is 0.417 e. The second kappa shape index (κ2) is 6.22. The van der Waals surface area contributed by atoms with Crippen molar-refractivity contribution in [3.05, 3.63) is 48.2 Å². The van der Waals surface area contributed by atoms with Crippen molar-refractivity contribution in [3.8, 4) is 0 Å². The molecule has 2 aromatic heterocycles. The van der Waals surface area contributed by atoms with Gasteiger partial charge in [-0.05, 0) is 12.1 Å². The van der Waals surface area contributed by atoms with E-state index in [1.807, 2.05) is 4.90 Å². The fraction of sp³-hybridized carbons (Fsp3) is 0.412. The second-order valence-electron chi connectivity index (χ2n) is 6.63. The molecular weight excluding hydrogens is 347 g/mol. The first-order valence-electron chi connectivity index (χ1n) is 8.25. The summed E-state index contributed by atoms with van der Waals surface area (Å²) in [5, 5.41) is 0. The number of anilines is 1. The molecule has 1 amide bonds. The number of pyridine rings is 1. The lowest BCUT2D eigenvalue weighted by molar-refractivity contribution is -0.137. The van der Waals surface area contributed by atoms with Gasteiger partial charge in [0.1, 0.15) is 11.5 Å². The molecule has 0 saturated carbocycles. The molecule has 0 aromatic carbocycles. The van der Waals surface area contributed by atoms with E-state index in [9.17, 15) is 18.0 Å². The van der Waals surface area contributed by atoms with Crippen LogP contribution in [0.2, 0.25) is 0 Å². The summed E-state index contributed by atoms with van der Waals surface area (Å²) in [5.41, 5.74) is -0.421. The topological polar surface area (TPSA) is 62.2 Å². The molecule has 2 atom stereocenters. The number of halogens is 3. The molecule has 4 heterocycles. The molecule has 2 aliphatic heterocycles. The highest BCUT2D eigenvalue weighted by Gasteiger charge is 2.42. The lowest BCUT2D eigenvalue weighted by Crippen LogP contribution is -2.34. The Kier molecular flexibility index (Phi) is 4.01. The van der Waals surface area contributed by atoms with Gasteiger partial charge in [0.25, 0.3) is 5.91 Å². The highest BCUT2D eigenvalue weighted by Crippen LogP contribution is 2.35. The van der Waals surface area contributed by atoms with Crippen LogP contribution < -0.4 is 4.90 Å². The van der Waals surface area contributed by atoms with E-state index in [0.717, 1.165) is 12.3 Å². The lowest BCUT2D eigenvalue weighted by Gasteiger charge is -2.22. The molecule has 0 bridgehead atoms. The number of nitrogens with zero attached hydrogens (tertiary/aromatic N) is 5. The Bertz CT molecular complexity index is 782. The normalized spacial score (nSPS) is 22.6. The van der Waals surface area contributed by atoms with Crippen LogP contribution in [0, 0.1) is 11.8 Å². The van der Waals surface area contributed by atoms with Crippen LogP contribution in [0.15, 0.2) is 36.9 Å². The monoisotopic (exact) mass is 363 g/mol. The standard InChI is InChI=1S/C17H16F3N5O/c18-17(19,20)13-1-2-15(23-5-13)24-7-11-9-25(10-12(11)8-24)16(26)14-6-21-3-4-22-14/h1-6,11-12H,7-10H2. The molecule has 26 heavy (non-hydrogen) atoms. The van der Waals surface area contributed by atoms with Crippen LogP contribution in [0.4, 0.5) is 19.0 Å². The van der Waals surface area contributed by atoms with Crippen molar-refractivity contribution in [1.82, 2.24) is 19.9 Å². The van der Waals surface area contributed by atoms with Gasteiger partial charge in [-0.1, -0.05) is 0 Å². The summed E-state index contributed by atoms with van der Waals surface area (Å²) < 4.78 is 37.9. The van der Waals surface area contributed by atoms with Gasteiger partial charge in [0.2, 0.25) is 0 Å². The molecule has 2 fully saturated rings. The van der Waals surface area contributed by atoms with Gasteiger partial charge in [0.15, 0.2) is 0 Å². The van der Waals surface area contributed by atoms with E-state index in [4.69, 9.17) is 0 Å². The molecule has 2 aromatic rings. The van der Waals surface area contributed by atoms with E-state index >= 15 is 0 Å². The third-order valence-corrected chi connectivity index (χ3v) is 4.95. The molecule has 0 aliphatic carbocycles. The molecular formula is C17H16F3N5O. The molecule has 136 valence electrons. The number of carbonyl (C=O) groups is 1. The van der Waals surface area contributed by atoms with E-state index in [2.05, 4.69) is 15.0 Å². The second-order valence-corrected chi connectivity index (χ2v) is 6.63. The molecule has 6 nitrogen and oxygen atoms in total. The fourth-order valence-corrected chi connectivity index (χ4v) is 3.66. The summed E-state index contributed by atoms with van der Waals surface area (Å²) in [6.07, 6.45) is 0.947. The number of fused-ring (bicyclic) bond motifs is 1. The van der Waals surface area contributed by atoms with Crippen LogP contribution >= 0.6 is 0 Å². The van der Waals surface area contributed by atoms with Crippen molar-refractivity contribution in [3.63, 3.8) is 0 Å². The third kappa shape index (κ3) is 3.09. The van der Waals surface area contributed by atoms with Crippen molar-refractivity contribution >= 4 is 11.7 Å². The molecule has 2 aliphatic rings. The van der Waals surface area contributed by atoms with Gasteiger partial charge < -0.3 is 9.80 Å². The van der Waals surface area contributed by atoms with E-state index < -0.39 is 11.7 Å². The highest BCUT2D eigenvalue weighted by atomic mass is 19.4. The highest BCUT2D eigenvalue weighted by molar-refractivity contribution is 5.92. The third-order valence-electron chi connectivity index (χ3n) is 4.95. The molecule has 0 radical (unpaired) electrons. The number of amides is 1. The number of hydrogen-bond donors (Lipinski definition) is 0. The Hall–Kier alpha value is -2.71. The van der Waals surface area contributed by atoms with Crippen LogP contribution in [-0.2, 0) is 6.18 Å². The average Bonchev–Trinajstić information content (AvgIpc) is 3.20. The van der Waals surface area contributed by atoms with Gasteiger partial charge in [0.05, 0.1) is 11.8 Å². The number of likely N-dealkylation sites (tertiary alicyclic amines) is 1. The van der Waals surface area contributed by atoms with Crippen LogP contribution in [0.3, 0.4) is 0 Å². The van der Waals surface area contributed by atoms with E-state index in [-0.39, 0.29) is 17.7 Å². The van der Waals surface area contributed by atoms with Gasteiger partial charge in [-0.2, -0.15) is 13.2 Å². The van der Waals surface area contributed by atoms with Gasteiger partial charge in [-0.3, -0.25) is 9.78 Å². The van der Waals surface area contributed by atoms with E-state index in [0.29, 0.717) is 37.7 Å². The minimum Gasteiger partial charge on any atom is -0.356 e. The van der Waals surface area contributed by atoms with Crippen molar-refractivity contribution in [2.75, 3.05) is 31.1 Å². The fourth-order valence-electron chi connectivity index (χ4n) is 3.66. The molecule has 4 rings (SSSR count). The molecule has 9 heteroatoms. The number of carbonyl (C=O) groups excluding carboxylic acids is 1. The summed E-state index contributed by atoms with van der Waals surface area (Å²) in [4.78, 5) is 28.1. The number of alkyl halides is 3. The number of aromatic nitrogens is 3. The van der Waals surface area contributed by atoms with E-state index in [1.54, 1.807) is 4.90 Å². The maximum atomic E-state index is 12.6. The van der Waals surface area contributed by atoms with E-state index in [1.165, 1.54) is 24.7 Å². The van der Waals surface area contributed by atoms with Crippen LogP contribution in [0.1, 0.15) is 16.1 Å². The summed E-state index contributed by atoms with van der Waals surface area (Å²) in [7, 11) is 0. The number of hydrogen-bond acceptors (Lipinski definition) is 5.